The number of fused-ring (bicyclic) bond motifs is 1. The summed E-state index contributed by atoms with van der Waals surface area (Å²) < 4.78 is 6.44. The van der Waals surface area contributed by atoms with Crippen molar-refractivity contribution in [1.82, 2.24) is 0 Å². The Hall–Kier alpha value is -0.540. The van der Waals surface area contributed by atoms with Crippen LogP contribution in [0.2, 0.25) is 0 Å². The number of hydrogen-bond donors (Lipinski definition) is 1. The Morgan fingerprint density at radius 1 is 1.57 bits per heavy atom. The molecule has 0 amide bonds. The number of methoxy groups -OCH3 is 1. The largest absolute Gasteiger partial charge is 0.496 e. The van der Waals surface area contributed by atoms with Gasteiger partial charge in [0.15, 0.2) is 0 Å². The first-order valence-corrected chi connectivity index (χ1v) is 5.62. The number of rotatable bonds is 2. The Labute approximate surface area is 92.6 Å². The molecule has 14 heavy (non-hydrogen) atoms. The van der Waals surface area contributed by atoms with Crippen LogP contribution in [-0.2, 0) is 6.42 Å². The summed E-state index contributed by atoms with van der Waals surface area (Å²) in [7, 11) is 1.72. The zero-order valence-electron chi connectivity index (χ0n) is 8.22. The molecule has 0 fully saturated rings. The lowest BCUT2D eigenvalue weighted by molar-refractivity contribution is 0.410. The molecule has 1 aliphatic rings. The highest BCUT2D eigenvalue weighted by Crippen LogP contribution is 2.39. The molecular weight excluding hydrogens is 242 g/mol. The maximum Gasteiger partial charge on any atom is 0.123 e. The maximum atomic E-state index is 5.73. The monoisotopic (exact) mass is 255 g/mol. The number of ether oxygens (including phenoxy) is 1. The lowest BCUT2D eigenvalue weighted by Gasteiger charge is -2.11. The van der Waals surface area contributed by atoms with E-state index in [9.17, 15) is 0 Å². The minimum atomic E-state index is 0.511. The molecule has 1 unspecified atom stereocenters. The minimum absolute atomic E-state index is 0.511. The standard InChI is InChI=1S/C11H14BrNO/c1-14-11-5-8(12)4-10-7(6-13)2-3-9(10)11/h4-5,7H,2-3,6,13H2,1H3. The van der Waals surface area contributed by atoms with Crippen LogP contribution in [0.1, 0.15) is 23.5 Å². The van der Waals surface area contributed by atoms with E-state index in [4.69, 9.17) is 10.5 Å². The normalized spacial score (nSPS) is 19.5. The van der Waals surface area contributed by atoms with Crippen LogP contribution in [0.3, 0.4) is 0 Å². The van der Waals surface area contributed by atoms with Gasteiger partial charge in [-0.2, -0.15) is 0 Å². The molecule has 0 radical (unpaired) electrons. The number of halogens is 1. The first-order chi connectivity index (χ1) is 6.76. The molecule has 0 saturated carbocycles. The van der Waals surface area contributed by atoms with Crippen molar-refractivity contribution in [3.05, 3.63) is 27.7 Å². The van der Waals surface area contributed by atoms with Crippen LogP contribution in [0.25, 0.3) is 0 Å². The van der Waals surface area contributed by atoms with E-state index in [2.05, 4.69) is 22.0 Å². The zero-order chi connectivity index (χ0) is 10.1. The molecule has 0 heterocycles. The Bertz CT molecular complexity index is 351. The lowest BCUT2D eigenvalue weighted by Crippen LogP contribution is -2.09. The van der Waals surface area contributed by atoms with Gasteiger partial charge < -0.3 is 10.5 Å². The maximum absolute atomic E-state index is 5.73. The molecule has 0 saturated heterocycles. The molecule has 2 nitrogen and oxygen atoms in total. The van der Waals surface area contributed by atoms with Gasteiger partial charge in [0.1, 0.15) is 5.75 Å². The average molecular weight is 256 g/mol. The van der Waals surface area contributed by atoms with Gasteiger partial charge in [0, 0.05) is 4.47 Å². The van der Waals surface area contributed by atoms with Gasteiger partial charge in [0.25, 0.3) is 0 Å². The molecule has 0 spiro atoms. The van der Waals surface area contributed by atoms with Crippen molar-refractivity contribution in [3.63, 3.8) is 0 Å². The zero-order valence-corrected chi connectivity index (χ0v) is 9.80. The topological polar surface area (TPSA) is 35.2 Å². The van der Waals surface area contributed by atoms with E-state index in [1.807, 2.05) is 6.07 Å². The van der Waals surface area contributed by atoms with Crippen LogP contribution in [0.4, 0.5) is 0 Å². The second-order valence-corrected chi connectivity index (χ2v) is 4.56. The molecule has 1 atom stereocenters. The highest BCUT2D eigenvalue weighted by molar-refractivity contribution is 9.10. The Kier molecular flexibility index (Phi) is 2.79. The van der Waals surface area contributed by atoms with E-state index in [1.165, 1.54) is 11.1 Å². The predicted octanol–water partition coefficient (Wildman–Crippen LogP) is 2.45. The summed E-state index contributed by atoms with van der Waals surface area (Å²) in [4.78, 5) is 0. The molecule has 0 bridgehead atoms. The molecule has 1 aliphatic carbocycles. The average Bonchev–Trinajstić information content (AvgIpc) is 2.59. The van der Waals surface area contributed by atoms with Gasteiger partial charge >= 0.3 is 0 Å². The molecule has 76 valence electrons. The molecule has 0 aliphatic heterocycles. The van der Waals surface area contributed by atoms with Crippen LogP contribution < -0.4 is 10.5 Å². The van der Waals surface area contributed by atoms with Crippen molar-refractivity contribution >= 4 is 15.9 Å². The van der Waals surface area contributed by atoms with Crippen LogP contribution in [0.5, 0.6) is 5.75 Å². The quantitative estimate of drug-likeness (QED) is 0.882. The van der Waals surface area contributed by atoms with Crippen LogP contribution >= 0.6 is 15.9 Å². The van der Waals surface area contributed by atoms with Crippen molar-refractivity contribution < 1.29 is 4.74 Å². The van der Waals surface area contributed by atoms with Crippen molar-refractivity contribution in [2.45, 2.75) is 18.8 Å². The fraction of sp³-hybridized carbons (Fsp3) is 0.455. The van der Waals surface area contributed by atoms with Gasteiger partial charge in [-0.15, -0.1) is 0 Å². The van der Waals surface area contributed by atoms with E-state index in [0.29, 0.717) is 5.92 Å². The summed E-state index contributed by atoms with van der Waals surface area (Å²) >= 11 is 3.49. The highest BCUT2D eigenvalue weighted by Gasteiger charge is 2.24. The second kappa shape index (κ2) is 3.91. The van der Waals surface area contributed by atoms with Crippen LogP contribution in [0.15, 0.2) is 16.6 Å². The van der Waals surface area contributed by atoms with Gasteiger partial charge in [-0.25, -0.2) is 0 Å². The van der Waals surface area contributed by atoms with Crippen molar-refractivity contribution in [2.75, 3.05) is 13.7 Å². The Morgan fingerprint density at radius 3 is 3.00 bits per heavy atom. The molecule has 1 aromatic rings. The summed E-state index contributed by atoms with van der Waals surface area (Å²) in [6.45, 7) is 0.729. The van der Waals surface area contributed by atoms with Crippen molar-refractivity contribution in [3.8, 4) is 5.75 Å². The molecule has 1 aromatic carbocycles. The Balaban J connectivity index is 2.50. The minimum Gasteiger partial charge on any atom is -0.496 e. The number of hydrogen-bond acceptors (Lipinski definition) is 2. The first-order valence-electron chi connectivity index (χ1n) is 4.82. The van der Waals surface area contributed by atoms with Gasteiger partial charge in [0.2, 0.25) is 0 Å². The lowest BCUT2D eigenvalue weighted by atomic mass is 10.0. The number of nitrogens with two attached hydrogens (primary N) is 1. The van der Waals surface area contributed by atoms with E-state index in [1.54, 1.807) is 7.11 Å². The molecule has 2 rings (SSSR count). The second-order valence-electron chi connectivity index (χ2n) is 3.65. The van der Waals surface area contributed by atoms with Gasteiger partial charge in [-0.3, -0.25) is 0 Å². The van der Waals surface area contributed by atoms with Crippen LogP contribution in [-0.4, -0.2) is 13.7 Å². The van der Waals surface area contributed by atoms with Crippen LogP contribution in [0, 0.1) is 0 Å². The number of benzene rings is 1. The first kappa shape index (κ1) is 9.99. The molecule has 0 aromatic heterocycles. The Morgan fingerprint density at radius 2 is 2.36 bits per heavy atom. The summed E-state index contributed by atoms with van der Waals surface area (Å²) in [5, 5.41) is 0. The molecule has 2 N–H and O–H groups in total. The summed E-state index contributed by atoms with van der Waals surface area (Å²) in [5.41, 5.74) is 8.43. The highest BCUT2D eigenvalue weighted by atomic mass is 79.9. The summed E-state index contributed by atoms with van der Waals surface area (Å²) in [6, 6.07) is 4.19. The van der Waals surface area contributed by atoms with E-state index in [-0.39, 0.29) is 0 Å². The predicted molar refractivity (Wildman–Crippen MR) is 60.8 cm³/mol. The SMILES string of the molecule is COc1cc(Br)cc2c1CCC2CN. The smallest absolute Gasteiger partial charge is 0.123 e. The third-order valence-corrected chi connectivity index (χ3v) is 3.35. The fourth-order valence-electron chi connectivity index (χ4n) is 2.16. The summed E-state index contributed by atoms with van der Waals surface area (Å²) in [5.74, 6) is 1.50. The molecular formula is C11H14BrNO. The van der Waals surface area contributed by atoms with Crippen molar-refractivity contribution in [2.24, 2.45) is 5.73 Å². The molecule has 3 heteroatoms. The van der Waals surface area contributed by atoms with Gasteiger partial charge in [0.05, 0.1) is 7.11 Å². The fourth-order valence-corrected chi connectivity index (χ4v) is 2.62. The van der Waals surface area contributed by atoms with Gasteiger partial charge in [-0.1, -0.05) is 15.9 Å². The van der Waals surface area contributed by atoms with Crippen molar-refractivity contribution in [1.29, 1.82) is 0 Å². The third kappa shape index (κ3) is 1.55. The van der Waals surface area contributed by atoms with E-state index < -0.39 is 0 Å². The van der Waals surface area contributed by atoms with Gasteiger partial charge in [-0.05, 0) is 48.6 Å². The summed E-state index contributed by atoms with van der Waals surface area (Å²) in [6.07, 6.45) is 2.24. The third-order valence-electron chi connectivity index (χ3n) is 2.90. The van der Waals surface area contributed by atoms with E-state index >= 15 is 0 Å². The van der Waals surface area contributed by atoms with E-state index in [0.717, 1.165) is 29.6 Å².